The van der Waals surface area contributed by atoms with Gasteiger partial charge in [-0.15, -0.1) is 0 Å². The summed E-state index contributed by atoms with van der Waals surface area (Å²) in [6, 6.07) is 0.445. The van der Waals surface area contributed by atoms with Crippen LogP contribution >= 0.6 is 0 Å². The lowest BCUT2D eigenvalue weighted by molar-refractivity contribution is -0.123. The Balaban J connectivity index is 2.46. The first-order valence-corrected chi connectivity index (χ1v) is 6.24. The average molecular weight is 243 g/mol. The second-order valence-corrected chi connectivity index (χ2v) is 5.46. The molecule has 2 atom stereocenters. The molecule has 1 aliphatic heterocycles. The Hall–Kier alpha value is -0.650. The molecule has 0 bridgehead atoms. The van der Waals surface area contributed by atoms with Gasteiger partial charge >= 0.3 is 0 Å². The number of nitrogens with one attached hydrogen (secondary N) is 1. The zero-order valence-electron chi connectivity index (χ0n) is 11.3. The van der Waals surface area contributed by atoms with Crippen molar-refractivity contribution in [2.24, 2.45) is 0 Å². The van der Waals surface area contributed by atoms with Gasteiger partial charge in [0, 0.05) is 25.2 Å². The molecule has 1 heterocycles. The van der Waals surface area contributed by atoms with Gasteiger partial charge in [0.2, 0.25) is 5.91 Å². The van der Waals surface area contributed by atoms with Gasteiger partial charge in [-0.25, -0.2) is 0 Å². The number of carbonyl (C=O) groups is 1. The van der Waals surface area contributed by atoms with Crippen LogP contribution in [0.3, 0.4) is 0 Å². The number of β-amino-alcohol motifs (C(OH)–C–C–N with tert-alkyl or cyclic N) is 1. The molecule has 1 fully saturated rings. The normalized spacial score (nSPS) is 25.8. The van der Waals surface area contributed by atoms with Crippen molar-refractivity contribution in [1.29, 1.82) is 0 Å². The molecule has 2 unspecified atom stereocenters. The van der Waals surface area contributed by atoms with Crippen molar-refractivity contribution in [3.05, 3.63) is 0 Å². The Labute approximate surface area is 104 Å². The zero-order valence-corrected chi connectivity index (χ0v) is 11.3. The van der Waals surface area contributed by atoms with E-state index in [0.717, 1.165) is 13.0 Å². The SMILES string of the molecule is CC(C)NC(=O)CN1CC(O)CC1CN(C)C. The standard InChI is InChI=1S/C12H25N3O2/c1-9(2)13-12(17)8-15-7-11(16)5-10(15)6-14(3)4/h9-11,16H,5-8H2,1-4H3,(H,13,17). The molecule has 0 aromatic rings. The summed E-state index contributed by atoms with van der Waals surface area (Å²) in [6.07, 6.45) is 0.458. The molecule has 5 nitrogen and oxygen atoms in total. The summed E-state index contributed by atoms with van der Waals surface area (Å²) in [6.45, 7) is 5.77. The second kappa shape index (κ2) is 6.33. The minimum atomic E-state index is -0.299. The van der Waals surface area contributed by atoms with E-state index in [1.165, 1.54) is 0 Å². The summed E-state index contributed by atoms with van der Waals surface area (Å²) in [4.78, 5) is 15.9. The van der Waals surface area contributed by atoms with Crippen LogP contribution in [0.4, 0.5) is 0 Å². The molecule has 100 valence electrons. The highest BCUT2D eigenvalue weighted by molar-refractivity contribution is 5.78. The zero-order chi connectivity index (χ0) is 13.0. The molecule has 0 aromatic carbocycles. The molecule has 1 amide bonds. The summed E-state index contributed by atoms with van der Waals surface area (Å²) in [5.74, 6) is 0.0397. The topological polar surface area (TPSA) is 55.8 Å². The largest absolute Gasteiger partial charge is 0.392 e. The third-order valence-corrected chi connectivity index (χ3v) is 2.88. The average Bonchev–Trinajstić information content (AvgIpc) is 2.43. The lowest BCUT2D eigenvalue weighted by Crippen LogP contribution is -2.45. The van der Waals surface area contributed by atoms with E-state index in [-0.39, 0.29) is 24.1 Å². The Kier molecular flexibility index (Phi) is 5.36. The fourth-order valence-electron chi connectivity index (χ4n) is 2.31. The Bertz CT molecular complexity index is 256. The molecule has 5 heteroatoms. The fourth-order valence-corrected chi connectivity index (χ4v) is 2.31. The number of nitrogens with zero attached hydrogens (tertiary/aromatic N) is 2. The van der Waals surface area contributed by atoms with Gasteiger partial charge in [-0.3, -0.25) is 9.69 Å². The third kappa shape index (κ3) is 5.02. The van der Waals surface area contributed by atoms with Crippen LogP contribution in [0, 0.1) is 0 Å². The summed E-state index contributed by atoms with van der Waals surface area (Å²) in [5.41, 5.74) is 0. The van der Waals surface area contributed by atoms with Gasteiger partial charge in [0.05, 0.1) is 12.6 Å². The van der Waals surface area contributed by atoms with E-state index in [1.54, 1.807) is 0 Å². The van der Waals surface area contributed by atoms with Crippen LogP contribution in [0.15, 0.2) is 0 Å². The molecule has 1 saturated heterocycles. The fraction of sp³-hybridized carbons (Fsp3) is 0.917. The van der Waals surface area contributed by atoms with Gasteiger partial charge in [-0.2, -0.15) is 0 Å². The van der Waals surface area contributed by atoms with Crippen molar-refractivity contribution in [3.63, 3.8) is 0 Å². The van der Waals surface area contributed by atoms with Gasteiger partial charge in [0.15, 0.2) is 0 Å². The van der Waals surface area contributed by atoms with Crippen molar-refractivity contribution >= 4 is 5.91 Å². The molecule has 0 radical (unpaired) electrons. The highest BCUT2D eigenvalue weighted by atomic mass is 16.3. The molecule has 17 heavy (non-hydrogen) atoms. The number of aliphatic hydroxyl groups is 1. The van der Waals surface area contributed by atoms with Crippen LogP contribution in [0.5, 0.6) is 0 Å². The van der Waals surface area contributed by atoms with E-state index in [4.69, 9.17) is 0 Å². The van der Waals surface area contributed by atoms with Crippen molar-refractivity contribution < 1.29 is 9.90 Å². The number of aliphatic hydroxyl groups excluding tert-OH is 1. The number of hydrogen-bond acceptors (Lipinski definition) is 4. The van der Waals surface area contributed by atoms with E-state index in [2.05, 4.69) is 15.1 Å². The first-order chi connectivity index (χ1) is 7.88. The van der Waals surface area contributed by atoms with Crippen molar-refractivity contribution in [1.82, 2.24) is 15.1 Å². The Morgan fingerprint density at radius 3 is 2.71 bits per heavy atom. The van der Waals surface area contributed by atoms with Crippen LogP contribution in [0.2, 0.25) is 0 Å². The van der Waals surface area contributed by atoms with Crippen molar-refractivity contribution in [2.45, 2.75) is 38.5 Å². The maximum absolute atomic E-state index is 11.7. The first kappa shape index (κ1) is 14.4. The molecule has 0 spiro atoms. The molecular formula is C12H25N3O2. The maximum Gasteiger partial charge on any atom is 0.234 e. The highest BCUT2D eigenvalue weighted by Gasteiger charge is 2.32. The van der Waals surface area contributed by atoms with Crippen molar-refractivity contribution in [3.8, 4) is 0 Å². The number of carbonyl (C=O) groups excluding carboxylic acids is 1. The van der Waals surface area contributed by atoms with E-state index >= 15 is 0 Å². The molecule has 1 rings (SSSR count). The predicted octanol–water partition coefficient (Wildman–Crippen LogP) is -0.492. The number of hydrogen-bond donors (Lipinski definition) is 2. The van der Waals surface area contributed by atoms with Crippen LogP contribution in [-0.2, 0) is 4.79 Å². The third-order valence-electron chi connectivity index (χ3n) is 2.88. The lowest BCUT2D eigenvalue weighted by atomic mass is 10.2. The van der Waals surface area contributed by atoms with E-state index in [0.29, 0.717) is 13.1 Å². The molecule has 0 saturated carbocycles. The van der Waals surface area contributed by atoms with E-state index in [9.17, 15) is 9.90 Å². The summed E-state index contributed by atoms with van der Waals surface area (Å²) in [7, 11) is 4.02. The van der Waals surface area contributed by atoms with Crippen LogP contribution < -0.4 is 5.32 Å². The van der Waals surface area contributed by atoms with Crippen LogP contribution in [-0.4, -0.2) is 72.7 Å². The lowest BCUT2D eigenvalue weighted by Gasteiger charge is -2.26. The van der Waals surface area contributed by atoms with Gasteiger partial charge in [-0.05, 0) is 34.4 Å². The van der Waals surface area contributed by atoms with Crippen LogP contribution in [0.1, 0.15) is 20.3 Å². The van der Waals surface area contributed by atoms with Crippen LogP contribution in [0.25, 0.3) is 0 Å². The quantitative estimate of drug-likeness (QED) is 0.684. The number of likely N-dealkylation sites (N-methyl/N-ethyl adjacent to an activating group) is 1. The smallest absolute Gasteiger partial charge is 0.234 e. The summed E-state index contributed by atoms with van der Waals surface area (Å²) in [5, 5.41) is 12.6. The monoisotopic (exact) mass is 243 g/mol. The van der Waals surface area contributed by atoms with Gasteiger partial charge in [0.25, 0.3) is 0 Å². The molecular weight excluding hydrogens is 218 g/mol. The van der Waals surface area contributed by atoms with E-state index in [1.807, 2.05) is 27.9 Å². The maximum atomic E-state index is 11.7. The van der Waals surface area contributed by atoms with Crippen molar-refractivity contribution in [2.75, 3.05) is 33.7 Å². The second-order valence-electron chi connectivity index (χ2n) is 5.46. The van der Waals surface area contributed by atoms with Gasteiger partial charge in [-0.1, -0.05) is 0 Å². The highest BCUT2D eigenvalue weighted by Crippen LogP contribution is 2.17. The number of rotatable bonds is 5. The molecule has 2 N–H and O–H groups in total. The molecule has 0 aliphatic carbocycles. The minimum Gasteiger partial charge on any atom is -0.392 e. The molecule has 1 aliphatic rings. The number of amides is 1. The van der Waals surface area contributed by atoms with Gasteiger partial charge < -0.3 is 15.3 Å². The predicted molar refractivity (Wildman–Crippen MR) is 67.8 cm³/mol. The minimum absolute atomic E-state index is 0.0397. The summed E-state index contributed by atoms with van der Waals surface area (Å²) < 4.78 is 0. The van der Waals surface area contributed by atoms with E-state index < -0.39 is 0 Å². The number of likely N-dealkylation sites (tertiary alicyclic amines) is 1. The Morgan fingerprint density at radius 2 is 2.18 bits per heavy atom. The Morgan fingerprint density at radius 1 is 1.53 bits per heavy atom. The first-order valence-electron chi connectivity index (χ1n) is 6.24. The van der Waals surface area contributed by atoms with Gasteiger partial charge in [0.1, 0.15) is 0 Å². The summed E-state index contributed by atoms with van der Waals surface area (Å²) >= 11 is 0. The molecule has 0 aromatic heterocycles.